The molecule has 4 heteroatoms. The van der Waals surface area contributed by atoms with E-state index in [1.165, 1.54) is 116 Å². The van der Waals surface area contributed by atoms with Gasteiger partial charge in [0.2, 0.25) is 0 Å². The minimum Gasteiger partial charge on any atom is -0.481 e. The third-order valence-electron chi connectivity index (χ3n) is 10.4. The number of rotatable bonds is 31. The zero-order chi connectivity index (χ0) is 31.6. The van der Waals surface area contributed by atoms with E-state index >= 15 is 0 Å². The molecule has 0 heterocycles. The zero-order valence-electron chi connectivity index (χ0n) is 29.2. The molecule has 0 fully saturated rings. The molecular formula is C38H74O4. The highest BCUT2D eigenvalue weighted by Gasteiger charge is 2.49. The van der Waals surface area contributed by atoms with Gasteiger partial charge in [0.1, 0.15) is 0 Å². The van der Waals surface area contributed by atoms with Crippen LogP contribution in [0.5, 0.6) is 0 Å². The van der Waals surface area contributed by atoms with Crippen LogP contribution in [0.2, 0.25) is 0 Å². The van der Waals surface area contributed by atoms with Crippen LogP contribution >= 0.6 is 0 Å². The first-order chi connectivity index (χ1) is 20.2. The molecular weight excluding hydrogens is 520 g/mol. The van der Waals surface area contributed by atoms with Gasteiger partial charge in [0, 0.05) is 6.42 Å². The fourth-order valence-electron chi connectivity index (χ4n) is 7.38. The molecule has 0 saturated heterocycles. The summed E-state index contributed by atoms with van der Waals surface area (Å²) in [4.78, 5) is 23.8. The fraction of sp³-hybridized carbons (Fsp3) is 0.947. The molecule has 0 aliphatic heterocycles. The van der Waals surface area contributed by atoms with Crippen molar-refractivity contribution in [2.45, 2.75) is 202 Å². The predicted molar refractivity (Wildman–Crippen MR) is 181 cm³/mol. The van der Waals surface area contributed by atoms with Crippen LogP contribution in [0.1, 0.15) is 202 Å². The van der Waals surface area contributed by atoms with Crippen molar-refractivity contribution in [3.8, 4) is 0 Å². The number of carbonyl (C=O) groups is 2. The first kappa shape index (κ1) is 40.9. The summed E-state index contributed by atoms with van der Waals surface area (Å²) in [6.07, 6.45) is 28.7. The minimum absolute atomic E-state index is 0.157. The van der Waals surface area contributed by atoms with E-state index in [2.05, 4.69) is 41.5 Å². The van der Waals surface area contributed by atoms with Crippen molar-refractivity contribution in [2.75, 3.05) is 0 Å². The van der Waals surface area contributed by atoms with E-state index in [4.69, 9.17) is 5.11 Å². The van der Waals surface area contributed by atoms with Crippen molar-refractivity contribution in [3.05, 3.63) is 0 Å². The number of aliphatic carboxylic acids is 2. The normalized spacial score (nSPS) is 15.4. The molecule has 0 rings (SSSR count). The van der Waals surface area contributed by atoms with Crippen LogP contribution in [0.4, 0.5) is 0 Å². The number of hydrogen-bond donors (Lipinski definition) is 2. The summed E-state index contributed by atoms with van der Waals surface area (Å²) in [5.41, 5.74) is -0.607. The van der Waals surface area contributed by atoms with Crippen molar-refractivity contribution in [3.63, 3.8) is 0 Å². The molecule has 0 radical (unpaired) electrons. The summed E-state index contributed by atoms with van der Waals surface area (Å²) in [6, 6.07) is 0. The van der Waals surface area contributed by atoms with Gasteiger partial charge in [0.05, 0.1) is 5.41 Å². The van der Waals surface area contributed by atoms with Crippen molar-refractivity contribution < 1.29 is 19.8 Å². The fourth-order valence-corrected chi connectivity index (χ4v) is 7.38. The van der Waals surface area contributed by atoms with E-state index in [0.717, 1.165) is 38.5 Å². The topological polar surface area (TPSA) is 74.6 Å². The second-order valence-corrected chi connectivity index (χ2v) is 14.0. The summed E-state index contributed by atoms with van der Waals surface area (Å²) >= 11 is 0. The lowest BCUT2D eigenvalue weighted by atomic mass is 9.59. The van der Waals surface area contributed by atoms with E-state index in [-0.39, 0.29) is 11.8 Å². The van der Waals surface area contributed by atoms with Gasteiger partial charge in [0.25, 0.3) is 0 Å². The second kappa shape index (κ2) is 26.4. The summed E-state index contributed by atoms with van der Waals surface area (Å²) in [7, 11) is 0. The van der Waals surface area contributed by atoms with Crippen molar-refractivity contribution in [2.24, 2.45) is 29.1 Å². The van der Waals surface area contributed by atoms with E-state index in [1.54, 1.807) is 0 Å². The highest BCUT2D eigenvalue weighted by molar-refractivity contribution is 5.75. The molecule has 4 atom stereocenters. The number of hydrogen-bond acceptors (Lipinski definition) is 2. The largest absolute Gasteiger partial charge is 0.481 e. The molecule has 2 N–H and O–H groups in total. The van der Waals surface area contributed by atoms with E-state index in [1.807, 2.05) is 0 Å². The summed E-state index contributed by atoms with van der Waals surface area (Å²) < 4.78 is 0. The van der Waals surface area contributed by atoms with E-state index in [9.17, 15) is 14.7 Å². The van der Waals surface area contributed by atoms with Gasteiger partial charge in [-0.1, -0.05) is 170 Å². The first-order valence-electron chi connectivity index (χ1n) is 18.6. The van der Waals surface area contributed by atoms with Gasteiger partial charge in [-0.05, 0) is 49.4 Å². The summed E-state index contributed by atoms with van der Waals surface area (Å²) in [5.74, 6) is 0.393. The van der Waals surface area contributed by atoms with Crippen molar-refractivity contribution in [1.82, 2.24) is 0 Å². The average Bonchev–Trinajstić information content (AvgIpc) is 2.96. The monoisotopic (exact) mass is 595 g/mol. The molecule has 0 amide bonds. The Morgan fingerprint density at radius 2 is 1.00 bits per heavy atom. The minimum atomic E-state index is -0.672. The molecule has 0 aliphatic carbocycles. The maximum Gasteiger partial charge on any atom is 0.310 e. The molecule has 0 spiro atoms. The van der Waals surface area contributed by atoms with Crippen LogP contribution < -0.4 is 0 Å². The summed E-state index contributed by atoms with van der Waals surface area (Å²) in [5, 5.41) is 19.6. The SMILES string of the molecule is CCCCC(CC)CC(CCCCCCCCCCCCCCCC(=O)O)C(CC(CC)CCCC)(C(=O)O)C(C)C. The Morgan fingerprint density at radius 3 is 1.38 bits per heavy atom. The molecule has 4 unspecified atom stereocenters. The lowest BCUT2D eigenvalue weighted by Crippen LogP contribution is -2.45. The molecule has 0 aromatic heterocycles. The third-order valence-corrected chi connectivity index (χ3v) is 10.4. The van der Waals surface area contributed by atoms with Gasteiger partial charge in [0.15, 0.2) is 0 Å². The standard InChI is InChI=1S/C38H74O4/c1-7-11-26-33(9-3)30-35(38(32(5)6,37(41)42)31-34(10-4)27-12-8-2)28-24-22-20-18-16-14-13-15-17-19-21-23-25-29-36(39)40/h32-35H,7-31H2,1-6H3,(H,39,40)(H,41,42). The van der Waals surface area contributed by atoms with Gasteiger partial charge < -0.3 is 10.2 Å². The predicted octanol–water partition coefficient (Wildman–Crippen LogP) is 12.5. The van der Waals surface area contributed by atoms with Crippen LogP contribution in [0.25, 0.3) is 0 Å². The number of unbranched alkanes of at least 4 members (excludes halogenated alkanes) is 14. The average molecular weight is 595 g/mol. The van der Waals surface area contributed by atoms with Crippen LogP contribution in [0.3, 0.4) is 0 Å². The van der Waals surface area contributed by atoms with Crippen LogP contribution in [-0.2, 0) is 9.59 Å². The first-order valence-corrected chi connectivity index (χ1v) is 18.6. The molecule has 0 bridgehead atoms. The number of carboxylic acid groups (broad SMARTS) is 2. The second-order valence-electron chi connectivity index (χ2n) is 14.0. The Hall–Kier alpha value is -1.06. The van der Waals surface area contributed by atoms with Gasteiger partial charge in [-0.3, -0.25) is 9.59 Å². The quantitative estimate of drug-likeness (QED) is 0.0783. The lowest BCUT2D eigenvalue weighted by Gasteiger charge is -2.44. The van der Waals surface area contributed by atoms with Crippen LogP contribution in [-0.4, -0.2) is 22.2 Å². The van der Waals surface area contributed by atoms with E-state index < -0.39 is 17.4 Å². The van der Waals surface area contributed by atoms with Gasteiger partial charge >= 0.3 is 11.9 Å². The molecule has 42 heavy (non-hydrogen) atoms. The maximum absolute atomic E-state index is 13.3. The number of carboxylic acids is 2. The van der Waals surface area contributed by atoms with Gasteiger partial charge in [-0.25, -0.2) is 0 Å². The third kappa shape index (κ3) is 17.9. The van der Waals surface area contributed by atoms with Crippen LogP contribution in [0.15, 0.2) is 0 Å². The zero-order valence-corrected chi connectivity index (χ0v) is 29.2. The van der Waals surface area contributed by atoms with E-state index in [0.29, 0.717) is 18.3 Å². The molecule has 0 aliphatic rings. The maximum atomic E-state index is 13.3. The lowest BCUT2D eigenvalue weighted by molar-refractivity contribution is -0.160. The molecule has 0 aromatic rings. The van der Waals surface area contributed by atoms with Crippen molar-refractivity contribution >= 4 is 11.9 Å². The molecule has 0 saturated carbocycles. The highest BCUT2D eigenvalue weighted by Crippen LogP contribution is 2.49. The van der Waals surface area contributed by atoms with Crippen LogP contribution in [0, 0.1) is 29.1 Å². The van der Waals surface area contributed by atoms with Gasteiger partial charge in [-0.15, -0.1) is 0 Å². The Labute approximate surface area is 262 Å². The Balaban J connectivity index is 4.90. The molecule has 4 nitrogen and oxygen atoms in total. The smallest absolute Gasteiger partial charge is 0.310 e. The highest BCUT2D eigenvalue weighted by atomic mass is 16.4. The Morgan fingerprint density at radius 1 is 0.571 bits per heavy atom. The Kier molecular flexibility index (Phi) is 25.7. The molecule has 0 aromatic carbocycles. The summed E-state index contributed by atoms with van der Waals surface area (Å²) in [6.45, 7) is 13.5. The molecule has 250 valence electrons. The Bertz CT molecular complexity index is 645. The van der Waals surface area contributed by atoms with Gasteiger partial charge in [-0.2, -0.15) is 0 Å². The van der Waals surface area contributed by atoms with Crippen molar-refractivity contribution in [1.29, 1.82) is 0 Å².